The van der Waals surface area contributed by atoms with Gasteiger partial charge in [-0.15, -0.1) is 0 Å². The molecule has 10 nitrogen and oxygen atoms in total. The predicted molar refractivity (Wildman–Crippen MR) is 195 cm³/mol. The van der Waals surface area contributed by atoms with Gasteiger partial charge in [-0.3, -0.25) is 14.9 Å². The highest BCUT2D eigenvalue weighted by atomic mass is 32.2. The van der Waals surface area contributed by atoms with Crippen molar-refractivity contribution in [1.29, 1.82) is 0 Å². The molecule has 256 valence electrons. The molecule has 0 bridgehead atoms. The second-order valence-corrected chi connectivity index (χ2v) is 15.9. The van der Waals surface area contributed by atoms with Crippen molar-refractivity contribution >= 4 is 47.4 Å². The fourth-order valence-electron chi connectivity index (χ4n) is 6.54. The molecule has 3 heterocycles. The van der Waals surface area contributed by atoms with Crippen LogP contribution in [0.4, 0.5) is 5.69 Å². The molecule has 0 saturated carbocycles. The van der Waals surface area contributed by atoms with Gasteiger partial charge >= 0.3 is 10.1 Å². The topological polar surface area (TPSA) is 113 Å². The lowest BCUT2D eigenvalue weighted by molar-refractivity contribution is 0.201. The highest BCUT2D eigenvalue weighted by Gasteiger charge is 2.32. The summed E-state index contributed by atoms with van der Waals surface area (Å²) in [5.74, 6) is 0.165. The molecule has 0 radical (unpaired) electrons. The van der Waals surface area contributed by atoms with E-state index in [1.165, 1.54) is 16.1 Å². The molecule has 1 saturated heterocycles. The summed E-state index contributed by atoms with van der Waals surface area (Å²) in [7, 11) is -6.40. The maximum Gasteiger partial charge on any atom is 0.339 e. The minimum atomic E-state index is -4.13. The third-order valence-electron chi connectivity index (χ3n) is 9.29. The largest absolute Gasteiger partial charge is 0.379 e. The summed E-state index contributed by atoms with van der Waals surface area (Å²) in [6.07, 6.45) is 6.83. The molecule has 1 atom stereocenters. The summed E-state index contributed by atoms with van der Waals surface area (Å²) in [5, 5.41) is 2.59. The molecule has 2 aromatic heterocycles. The zero-order valence-corrected chi connectivity index (χ0v) is 29.2. The number of sulfonamides is 1. The van der Waals surface area contributed by atoms with Gasteiger partial charge in [-0.2, -0.15) is 12.7 Å². The number of nitrogens with zero attached hydrogens (tertiary/aromatic N) is 5. The highest BCUT2D eigenvalue weighted by Crippen LogP contribution is 2.29. The first kappa shape index (κ1) is 33.6. The van der Waals surface area contributed by atoms with Gasteiger partial charge in [0.05, 0.1) is 4.90 Å². The fourth-order valence-corrected chi connectivity index (χ4v) is 9.25. The van der Waals surface area contributed by atoms with Gasteiger partial charge in [0, 0.05) is 97.8 Å². The van der Waals surface area contributed by atoms with Crippen LogP contribution in [0.2, 0.25) is 0 Å². The van der Waals surface area contributed by atoms with Crippen LogP contribution in [0.25, 0.3) is 21.5 Å². The van der Waals surface area contributed by atoms with E-state index in [4.69, 9.17) is 4.18 Å². The lowest BCUT2D eigenvalue weighted by Gasteiger charge is -2.39. The molecule has 1 aliphatic rings. The number of likely N-dealkylation sites (N-methyl/N-ethyl adjacent to an activating group) is 1. The zero-order valence-electron chi connectivity index (χ0n) is 27.5. The van der Waals surface area contributed by atoms with Gasteiger partial charge in [0.2, 0.25) is 10.0 Å². The monoisotopic (exact) mass is 707 g/mol. The molecule has 4 aromatic carbocycles. The van der Waals surface area contributed by atoms with Crippen molar-refractivity contribution in [3.05, 3.63) is 133 Å². The van der Waals surface area contributed by atoms with Crippen molar-refractivity contribution in [3.8, 4) is 5.75 Å². The second-order valence-electron chi connectivity index (χ2n) is 12.4. The molecule has 6 aromatic rings. The first-order valence-electron chi connectivity index (χ1n) is 16.4. The molecule has 0 spiro atoms. The molecule has 12 heteroatoms. The summed E-state index contributed by atoms with van der Waals surface area (Å²) in [5.41, 5.74) is 2.03. The average Bonchev–Trinajstić information content (AvgIpc) is 3.15. The molecule has 50 heavy (non-hydrogen) atoms. The number of aromatic nitrogens is 2. The Morgan fingerprint density at radius 3 is 1.94 bits per heavy atom. The van der Waals surface area contributed by atoms with Gasteiger partial charge in [-0.05, 0) is 60.5 Å². The van der Waals surface area contributed by atoms with Gasteiger partial charge in [0.1, 0.15) is 10.6 Å². The summed E-state index contributed by atoms with van der Waals surface area (Å²) >= 11 is 0. The Morgan fingerprint density at radius 2 is 1.30 bits per heavy atom. The van der Waals surface area contributed by atoms with E-state index >= 15 is 0 Å². The van der Waals surface area contributed by atoms with Crippen molar-refractivity contribution < 1.29 is 21.0 Å². The third-order valence-corrected chi connectivity index (χ3v) is 12.6. The average molecular weight is 708 g/mol. The van der Waals surface area contributed by atoms with E-state index < -0.39 is 26.2 Å². The van der Waals surface area contributed by atoms with Gasteiger partial charge < -0.3 is 9.08 Å². The van der Waals surface area contributed by atoms with Crippen LogP contribution in [0.15, 0.2) is 138 Å². The molecule has 1 unspecified atom stereocenters. The maximum absolute atomic E-state index is 14.3. The summed E-state index contributed by atoms with van der Waals surface area (Å²) in [6.45, 7) is 3.75. The number of para-hydroxylation sites is 1. The van der Waals surface area contributed by atoms with E-state index in [0.717, 1.165) is 37.1 Å². The minimum Gasteiger partial charge on any atom is -0.379 e. The van der Waals surface area contributed by atoms with Crippen molar-refractivity contribution in [2.45, 2.75) is 22.3 Å². The Balaban J connectivity index is 1.13. The van der Waals surface area contributed by atoms with Crippen molar-refractivity contribution in [1.82, 2.24) is 19.2 Å². The second kappa shape index (κ2) is 14.2. The normalized spacial score (nSPS) is 15.0. The number of fused-ring (bicyclic) bond motifs is 2. The lowest BCUT2D eigenvalue weighted by Crippen LogP contribution is -2.52. The van der Waals surface area contributed by atoms with Gasteiger partial charge in [-0.25, -0.2) is 8.42 Å². The number of anilines is 1. The van der Waals surface area contributed by atoms with Crippen LogP contribution >= 0.6 is 0 Å². The van der Waals surface area contributed by atoms with Crippen LogP contribution in [-0.2, 0) is 26.6 Å². The molecule has 0 aliphatic carbocycles. The zero-order chi connectivity index (χ0) is 34.7. The van der Waals surface area contributed by atoms with Gasteiger partial charge in [0.25, 0.3) is 0 Å². The number of pyridine rings is 2. The Bertz CT molecular complexity index is 2320. The number of benzene rings is 4. The first-order valence-corrected chi connectivity index (χ1v) is 19.2. The molecule has 7 rings (SSSR count). The van der Waals surface area contributed by atoms with Crippen LogP contribution in [0, 0.1) is 0 Å². The fraction of sp³-hybridized carbons (Fsp3) is 0.211. The smallest absolute Gasteiger partial charge is 0.339 e. The van der Waals surface area contributed by atoms with E-state index in [1.54, 1.807) is 92.5 Å². The summed E-state index contributed by atoms with van der Waals surface area (Å²) < 4.78 is 62.2. The van der Waals surface area contributed by atoms with Gasteiger partial charge in [-0.1, -0.05) is 54.6 Å². The number of hydrogen-bond donors (Lipinski definition) is 0. The molecular weight excluding hydrogens is 671 g/mol. The van der Waals surface area contributed by atoms with Crippen LogP contribution in [0.5, 0.6) is 5.75 Å². The maximum atomic E-state index is 14.3. The van der Waals surface area contributed by atoms with Crippen molar-refractivity contribution in [3.63, 3.8) is 0 Å². The van der Waals surface area contributed by atoms with E-state index in [0.29, 0.717) is 29.1 Å². The Labute approximate surface area is 292 Å². The Hall–Kier alpha value is -4.88. The van der Waals surface area contributed by atoms with E-state index in [-0.39, 0.29) is 15.5 Å². The minimum absolute atomic E-state index is 0.0601. The van der Waals surface area contributed by atoms with Crippen LogP contribution in [0.1, 0.15) is 5.56 Å². The van der Waals surface area contributed by atoms with Crippen LogP contribution < -0.4 is 9.08 Å². The Morgan fingerprint density at radius 1 is 0.700 bits per heavy atom. The number of piperazine rings is 1. The molecule has 0 N–H and O–H groups in total. The molecule has 1 fully saturated rings. The molecular formula is C38H37N5O5S2. The Kier molecular flexibility index (Phi) is 9.52. The van der Waals surface area contributed by atoms with E-state index in [9.17, 15) is 16.8 Å². The molecule has 1 aliphatic heterocycles. The van der Waals surface area contributed by atoms with Crippen molar-refractivity contribution in [2.24, 2.45) is 0 Å². The highest BCUT2D eigenvalue weighted by molar-refractivity contribution is 7.89. The quantitative estimate of drug-likeness (QED) is 0.159. The van der Waals surface area contributed by atoms with Crippen molar-refractivity contribution in [2.75, 3.05) is 44.7 Å². The molecule has 0 amide bonds. The number of hydrogen-bond acceptors (Lipinski definition) is 9. The van der Waals surface area contributed by atoms with E-state index in [2.05, 4.69) is 31.9 Å². The standard InChI is InChI=1S/C38H37N5O5S2/c1-41(49(44,45)37-11-5-7-30-26-39-19-17-35(30)37)33(28-42-21-23-43(24-22-42)32-9-3-2-4-10-32)25-29-13-15-34(16-14-29)48-50(46,47)38-12-6-8-31-27-40-20-18-36(31)38/h2-20,26-27,33H,21-25,28H2,1H3. The van der Waals surface area contributed by atoms with Crippen LogP contribution in [0.3, 0.4) is 0 Å². The SMILES string of the molecule is CN(C(Cc1ccc(OS(=O)(=O)c2cccc3cnccc23)cc1)CN1CCN(c2ccccc2)CC1)S(=O)(=O)c1cccc2cnccc12. The predicted octanol–water partition coefficient (Wildman–Crippen LogP) is 5.60. The third kappa shape index (κ3) is 7.06. The van der Waals surface area contributed by atoms with E-state index in [1.807, 2.05) is 24.3 Å². The lowest BCUT2D eigenvalue weighted by atomic mass is 10.0. The van der Waals surface area contributed by atoms with Gasteiger partial charge in [0.15, 0.2) is 0 Å². The summed E-state index contributed by atoms with van der Waals surface area (Å²) in [6, 6.07) is 30.3. The first-order chi connectivity index (χ1) is 24.2. The summed E-state index contributed by atoms with van der Waals surface area (Å²) in [4.78, 5) is 13.2. The number of rotatable bonds is 11. The van der Waals surface area contributed by atoms with Crippen LogP contribution in [-0.4, -0.2) is 81.8 Å².